The molecule has 0 spiro atoms. The van der Waals surface area contributed by atoms with Gasteiger partial charge in [0.1, 0.15) is 0 Å². The summed E-state index contributed by atoms with van der Waals surface area (Å²) in [6, 6.07) is 61.5. The summed E-state index contributed by atoms with van der Waals surface area (Å²) >= 11 is 0. The van der Waals surface area contributed by atoms with Crippen LogP contribution in [0.4, 0.5) is 22.7 Å². The predicted octanol–water partition coefficient (Wildman–Crippen LogP) is 17.8. The van der Waals surface area contributed by atoms with Crippen molar-refractivity contribution in [1.29, 1.82) is 21.0 Å². The minimum absolute atomic E-state index is 0.241. The highest BCUT2D eigenvalue weighted by Crippen LogP contribution is 2.47. The molecule has 1 heterocycles. The zero-order valence-corrected chi connectivity index (χ0v) is 40.7. The van der Waals surface area contributed by atoms with E-state index in [0.29, 0.717) is 78.1 Å². The first-order chi connectivity index (χ1) is 36.5. The molecule has 1 aromatic heterocycles. The van der Waals surface area contributed by atoms with Crippen LogP contribution >= 0.6 is 0 Å². The normalized spacial score (nSPS) is 10.8. The molecule has 9 heteroatoms. The van der Waals surface area contributed by atoms with Crippen LogP contribution in [0.1, 0.15) is 48.6 Å². The summed E-state index contributed by atoms with van der Waals surface area (Å²) in [6.45, 7) is 39.0. The van der Waals surface area contributed by atoms with Gasteiger partial charge in [-0.1, -0.05) is 106 Å². The van der Waals surface area contributed by atoms with Crippen LogP contribution in [0.2, 0.25) is 0 Å². The highest BCUT2D eigenvalue weighted by atomic mass is 15.0. The first-order valence-corrected chi connectivity index (χ1v) is 23.6. The van der Waals surface area contributed by atoms with Gasteiger partial charge >= 0.3 is 0 Å². The number of rotatable bonds is 7. The topological polar surface area (TPSA) is 118 Å². The quantitative estimate of drug-likeness (QED) is 0.148. The molecule has 0 aliphatic rings. The lowest BCUT2D eigenvalue weighted by Crippen LogP contribution is -2.15. The predicted molar refractivity (Wildman–Crippen MR) is 296 cm³/mol. The zero-order chi connectivity index (χ0) is 52.5. The van der Waals surface area contributed by atoms with Crippen molar-refractivity contribution >= 4 is 44.6 Å². The molecule has 0 amide bonds. The first kappa shape index (κ1) is 47.4. The van der Waals surface area contributed by atoms with Crippen molar-refractivity contribution in [2.24, 2.45) is 0 Å². The van der Waals surface area contributed by atoms with Crippen LogP contribution in [-0.4, -0.2) is 4.57 Å². The Morgan fingerprint density at radius 3 is 1.12 bits per heavy atom. The third kappa shape index (κ3) is 8.21. The molecule has 0 saturated heterocycles. The molecule has 75 heavy (non-hydrogen) atoms. The number of fused-ring (bicyclic) bond motifs is 3. The highest BCUT2D eigenvalue weighted by molar-refractivity contribution is 6.12. The molecule has 0 saturated carbocycles. The molecule has 10 aromatic rings. The van der Waals surface area contributed by atoms with Gasteiger partial charge in [-0.25, -0.2) is 19.4 Å². The fourth-order valence-corrected chi connectivity index (χ4v) is 10.2. The third-order valence-corrected chi connectivity index (χ3v) is 13.5. The molecule has 9 nitrogen and oxygen atoms in total. The molecule has 0 N–H and O–H groups in total. The Morgan fingerprint density at radius 2 is 0.707 bits per heavy atom. The van der Waals surface area contributed by atoms with Crippen LogP contribution in [0, 0.1) is 71.6 Å². The molecule has 0 bridgehead atoms. The van der Waals surface area contributed by atoms with Crippen LogP contribution in [0.5, 0.6) is 0 Å². The van der Waals surface area contributed by atoms with E-state index in [2.05, 4.69) is 105 Å². The number of aromatic nitrogens is 1. The van der Waals surface area contributed by atoms with E-state index in [-0.39, 0.29) is 16.8 Å². The summed E-state index contributed by atoms with van der Waals surface area (Å²) in [5, 5.41) is 43.3. The van der Waals surface area contributed by atoms with Gasteiger partial charge in [0.25, 0.3) is 0 Å². The molecule has 9 aromatic carbocycles. The molecular formula is C66H37N9. The van der Waals surface area contributed by atoms with E-state index in [1.165, 1.54) is 0 Å². The summed E-state index contributed by atoms with van der Waals surface area (Å²) < 4.78 is 2.27. The molecular weight excluding hydrogens is 919 g/mol. The lowest BCUT2D eigenvalue weighted by Gasteiger charge is -2.24. The average molecular weight is 956 g/mol. The van der Waals surface area contributed by atoms with E-state index in [1.807, 2.05) is 60.7 Å². The molecule has 0 radical (unpaired) electrons. The largest absolute Gasteiger partial charge is 0.309 e. The third-order valence-electron chi connectivity index (χ3n) is 13.5. The summed E-state index contributed by atoms with van der Waals surface area (Å²) in [7, 11) is 0. The van der Waals surface area contributed by atoms with Crippen molar-refractivity contribution in [3.8, 4) is 96.7 Å². The Labute approximate surface area is 434 Å². The lowest BCUT2D eigenvalue weighted by atomic mass is 9.85. The maximum Gasteiger partial charge on any atom is 0.196 e. The van der Waals surface area contributed by atoms with Crippen LogP contribution < -0.4 is 0 Å². The van der Waals surface area contributed by atoms with Crippen LogP contribution in [0.3, 0.4) is 0 Å². The Balaban J connectivity index is 1.30. The number of nitriles is 4. The average Bonchev–Trinajstić information content (AvgIpc) is 3.78. The van der Waals surface area contributed by atoms with Crippen molar-refractivity contribution in [2.45, 2.75) is 26.2 Å². The Hall–Kier alpha value is -11.3. The second-order valence-corrected chi connectivity index (χ2v) is 18.9. The number of para-hydroxylation sites is 1. The van der Waals surface area contributed by atoms with Gasteiger partial charge < -0.3 is 4.57 Å². The monoisotopic (exact) mass is 955 g/mol. The maximum atomic E-state index is 10.4. The van der Waals surface area contributed by atoms with E-state index in [9.17, 15) is 21.0 Å². The zero-order valence-electron chi connectivity index (χ0n) is 40.7. The van der Waals surface area contributed by atoms with Crippen molar-refractivity contribution in [2.75, 3.05) is 0 Å². The van der Waals surface area contributed by atoms with Gasteiger partial charge in [-0.05, 0) is 146 Å². The van der Waals surface area contributed by atoms with Crippen LogP contribution in [-0.2, 0) is 5.41 Å². The first-order valence-electron chi connectivity index (χ1n) is 23.6. The van der Waals surface area contributed by atoms with E-state index >= 15 is 0 Å². The SMILES string of the molecule is [C-]#[N+]c1cccc(C#N)c1-c1cc(-c2ccc3c(c2)c2cc(-c4cc(-c5c(C#N)cccc5[N+]#[C-])cc(-c5c([N+]#[C-])cccc5[N+]#[C-])c4)ccc2n3-c2ccccc2C(C)(C)C)cc(-c2c(C#N)cccc2C#N)c1. The molecule has 0 fully saturated rings. The summed E-state index contributed by atoms with van der Waals surface area (Å²) in [6.07, 6.45) is 0. The molecule has 0 aliphatic carbocycles. The van der Waals surface area contributed by atoms with Gasteiger partial charge in [-0.15, -0.1) is 0 Å². The van der Waals surface area contributed by atoms with Gasteiger partial charge in [0.15, 0.2) is 22.7 Å². The van der Waals surface area contributed by atoms with Gasteiger partial charge in [0.05, 0.1) is 72.7 Å². The number of nitrogens with zero attached hydrogens (tertiary/aromatic N) is 9. The molecule has 0 atom stereocenters. The minimum atomic E-state index is -0.241. The van der Waals surface area contributed by atoms with Gasteiger partial charge in [-0.2, -0.15) is 21.0 Å². The number of benzene rings is 9. The Morgan fingerprint density at radius 1 is 0.360 bits per heavy atom. The van der Waals surface area contributed by atoms with E-state index in [1.54, 1.807) is 72.8 Å². The van der Waals surface area contributed by atoms with E-state index in [4.69, 9.17) is 26.3 Å². The van der Waals surface area contributed by atoms with E-state index < -0.39 is 0 Å². The fraction of sp³-hybridized carbons (Fsp3) is 0.0606. The van der Waals surface area contributed by atoms with E-state index in [0.717, 1.165) is 55.3 Å². The van der Waals surface area contributed by atoms with Crippen molar-refractivity contribution in [1.82, 2.24) is 4.57 Å². The standard InChI is InChI=1S/C66H37N9/c1-66(2,3)54-18-8-9-23-61(54)75-59-26-24-40(46-28-48(62-42(36-67)14-10-15-43(62)37-68)32-49(29-46)63-44(38-69)16-11-19-55(63)71-4)34-52(59)53-35-41(25-27-60(53)75)47-30-50(64-45(39-70)17-12-20-56(64)72-5)33-51(31-47)65-57(73-6)21-13-22-58(65)74-7/h8-35H,1-3H3. The molecule has 0 unspecified atom stereocenters. The van der Waals surface area contributed by atoms with Crippen LogP contribution in [0.15, 0.2) is 170 Å². The summed E-state index contributed by atoms with van der Waals surface area (Å²) in [5.41, 5.74) is 13.2. The Kier molecular flexibility index (Phi) is 12.1. The molecule has 10 rings (SSSR count). The Bertz CT molecular complexity index is 3880. The summed E-state index contributed by atoms with van der Waals surface area (Å²) in [4.78, 5) is 15.3. The van der Waals surface area contributed by atoms with Gasteiger partial charge in [0.2, 0.25) is 0 Å². The molecule has 346 valence electrons. The van der Waals surface area contributed by atoms with Crippen molar-refractivity contribution in [3.05, 3.63) is 243 Å². The van der Waals surface area contributed by atoms with Gasteiger partial charge in [-0.3, -0.25) is 0 Å². The van der Waals surface area contributed by atoms with Crippen LogP contribution in [0.25, 0.3) is 114 Å². The fourth-order valence-electron chi connectivity index (χ4n) is 10.2. The van der Waals surface area contributed by atoms with Gasteiger partial charge in [0, 0.05) is 44.3 Å². The smallest absolute Gasteiger partial charge is 0.196 e. The number of hydrogen-bond donors (Lipinski definition) is 0. The summed E-state index contributed by atoms with van der Waals surface area (Å²) in [5.74, 6) is 0. The second kappa shape index (κ2) is 19.1. The second-order valence-electron chi connectivity index (χ2n) is 18.9. The number of hydrogen-bond acceptors (Lipinski definition) is 4. The minimum Gasteiger partial charge on any atom is -0.309 e. The lowest BCUT2D eigenvalue weighted by molar-refractivity contribution is 0.587. The van der Waals surface area contributed by atoms with Crippen molar-refractivity contribution in [3.63, 3.8) is 0 Å². The molecule has 0 aliphatic heterocycles. The maximum absolute atomic E-state index is 10.4. The highest BCUT2D eigenvalue weighted by Gasteiger charge is 2.24. The van der Waals surface area contributed by atoms with Crippen molar-refractivity contribution < 1.29 is 0 Å².